The van der Waals surface area contributed by atoms with Crippen molar-refractivity contribution in [1.29, 1.82) is 0 Å². The Bertz CT molecular complexity index is 502. The van der Waals surface area contributed by atoms with Gasteiger partial charge in [-0.15, -0.1) is 0 Å². The van der Waals surface area contributed by atoms with E-state index in [0.717, 1.165) is 6.42 Å². The lowest BCUT2D eigenvalue weighted by Crippen LogP contribution is -2.44. The minimum atomic E-state index is -4.53. The van der Waals surface area contributed by atoms with E-state index in [1.54, 1.807) is 0 Å². The highest BCUT2D eigenvalue weighted by atomic mass is 19.4. The molecule has 20 heavy (non-hydrogen) atoms. The molecule has 2 rings (SSSR count). The van der Waals surface area contributed by atoms with Crippen LogP contribution in [0.4, 0.5) is 13.2 Å². The smallest absolute Gasteiger partial charge is 0.400 e. The monoisotopic (exact) mass is 287 g/mol. The lowest BCUT2D eigenvalue weighted by Gasteiger charge is -2.31. The summed E-state index contributed by atoms with van der Waals surface area (Å²) in [6.45, 7) is 0.0559. The molecule has 4 N–H and O–H groups in total. The predicted octanol–water partition coefficient (Wildman–Crippen LogP) is 1.84. The molecule has 0 heterocycles. The van der Waals surface area contributed by atoms with Gasteiger partial charge < -0.3 is 16.3 Å². The first-order chi connectivity index (χ1) is 9.43. The van der Waals surface area contributed by atoms with Gasteiger partial charge in [0.05, 0.1) is 0 Å². The second kappa shape index (κ2) is 5.70. The zero-order chi connectivity index (χ0) is 14.8. The van der Waals surface area contributed by atoms with E-state index in [-0.39, 0.29) is 5.92 Å². The van der Waals surface area contributed by atoms with Gasteiger partial charge in [0.1, 0.15) is 5.92 Å². The highest BCUT2D eigenvalue weighted by molar-refractivity contribution is 5.83. The molecule has 0 saturated carbocycles. The molecule has 0 radical (unpaired) electrons. The fourth-order valence-corrected chi connectivity index (χ4v) is 2.40. The summed E-state index contributed by atoms with van der Waals surface area (Å²) in [5.74, 6) is -2.56. The minimum absolute atomic E-state index is 0.229. The third kappa shape index (κ3) is 3.04. The minimum Gasteiger partial charge on any atom is -0.409 e. The number of benzene rings is 1. The Balaban J connectivity index is 1.87. The SMILES string of the molecule is N/C(=N/O)C(CNCC1Cc2ccccc21)C(F)(F)F. The number of fused-ring (bicyclic) bond motifs is 1. The van der Waals surface area contributed by atoms with Gasteiger partial charge in [-0.3, -0.25) is 0 Å². The summed E-state index contributed by atoms with van der Waals surface area (Å²) in [6.07, 6.45) is -3.66. The fourth-order valence-electron chi connectivity index (χ4n) is 2.40. The second-order valence-electron chi connectivity index (χ2n) is 4.88. The van der Waals surface area contributed by atoms with Gasteiger partial charge in [-0.2, -0.15) is 13.2 Å². The molecule has 1 aromatic carbocycles. The maximum atomic E-state index is 12.7. The number of rotatable bonds is 5. The first-order valence-electron chi connectivity index (χ1n) is 6.26. The Morgan fingerprint density at radius 3 is 2.75 bits per heavy atom. The van der Waals surface area contributed by atoms with Gasteiger partial charge in [0.2, 0.25) is 0 Å². The third-order valence-corrected chi connectivity index (χ3v) is 3.57. The summed E-state index contributed by atoms with van der Waals surface area (Å²) in [4.78, 5) is 0. The largest absolute Gasteiger partial charge is 0.409 e. The molecular weight excluding hydrogens is 271 g/mol. The predicted molar refractivity (Wildman–Crippen MR) is 68.7 cm³/mol. The van der Waals surface area contributed by atoms with Gasteiger partial charge in [-0.05, 0) is 17.5 Å². The van der Waals surface area contributed by atoms with Gasteiger partial charge in [0.25, 0.3) is 0 Å². The van der Waals surface area contributed by atoms with Crippen molar-refractivity contribution in [3.8, 4) is 0 Å². The Kier molecular flexibility index (Phi) is 4.17. The Morgan fingerprint density at radius 2 is 2.15 bits per heavy atom. The summed E-state index contributed by atoms with van der Waals surface area (Å²) < 4.78 is 38.1. The molecule has 110 valence electrons. The maximum Gasteiger partial charge on any atom is 0.400 e. The standard InChI is InChI=1S/C13H16F3N3O/c14-13(15,16)11(12(17)19-20)7-18-6-9-5-8-3-1-2-4-10(8)9/h1-4,9,11,18,20H,5-7H2,(H2,17,19). The molecule has 0 aliphatic heterocycles. The number of halogens is 3. The van der Waals surface area contributed by atoms with Crippen molar-refractivity contribution in [2.45, 2.75) is 18.5 Å². The van der Waals surface area contributed by atoms with Crippen LogP contribution in [-0.2, 0) is 6.42 Å². The summed E-state index contributed by atoms with van der Waals surface area (Å²) in [5.41, 5.74) is 7.50. The Labute approximate surface area is 114 Å². The van der Waals surface area contributed by atoms with Crippen LogP contribution in [0.5, 0.6) is 0 Å². The second-order valence-corrected chi connectivity index (χ2v) is 4.88. The highest BCUT2D eigenvalue weighted by Crippen LogP contribution is 2.34. The molecule has 0 bridgehead atoms. The van der Waals surface area contributed by atoms with Crippen molar-refractivity contribution < 1.29 is 18.4 Å². The van der Waals surface area contributed by atoms with Crippen LogP contribution in [0.2, 0.25) is 0 Å². The third-order valence-electron chi connectivity index (χ3n) is 3.57. The van der Waals surface area contributed by atoms with Crippen molar-refractivity contribution in [3.05, 3.63) is 35.4 Å². The van der Waals surface area contributed by atoms with Crippen LogP contribution in [0.25, 0.3) is 0 Å². The van der Waals surface area contributed by atoms with E-state index in [1.807, 2.05) is 24.3 Å². The van der Waals surface area contributed by atoms with Crippen LogP contribution in [0.1, 0.15) is 17.0 Å². The average Bonchev–Trinajstić information content (AvgIpc) is 2.37. The summed E-state index contributed by atoms with van der Waals surface area (Å²) in [7, 11) is 0. The molecule has 0 saturated heterocycles. The van der Waals surface area contributed by atoms with Crippen molar-refractivity contribution in [2.24, 2.45) is 16.8 Å². The van der Waals surface area contributed by atoms with Gasteiger partial charge in [0.15, 0.2) is 5.84 Å². The van der Waals surface area contributed by atoms with E-state index >= 15 is 0 Å². The molecule has 2 atom stereocenters. The van der Waals surface area contributed by atoms with E-state index in [2.05, 4.69) is 10.5 Å². The van der Waals surface area contributed by atoms with Crippen LogP contribution in [-0.4, -0.2) is 30.3 Å². The normalized spacial score (nSPS) is 20.1. The molecule has 1 aliphatic rings. The van der Waals surface area contributed by atoms with Crippen LogP contribution in [0, 0.1) is 5.92 Å². The number of hydrogen-bond donors (Lipinski definition) is 3. The first kappa shape index (κ1) is 14.6. The Morgan fingerprint density at radius 1 is 1.45 bits per heavy atom. The Hall–Kier alpha value is -1.76. The molecule has 0 aromatic heterocycles. The highest BCUT2D eigenvalue weighted by Gasteiger charge is 2.42. The van der Waals surface area contributed by atoms with Gasteiger partial charge in [0, 0.05) is 19.0 Å². The van der Waals surface area contributed by atoms with Crippen LogP contribution >= 0.6 is 0 Å². The van der Waals surface area contributed by atoms with E-state index in [1.165, 1.54) is 11.1 Å². The van der Waals surface area contributed by atoms with Crippen molar-refractivity contribution in [2.75, 3.05) is 13.1 Å². The zero-order valence-electron chi connectivity index (χ0n) is 10.7. The average molecular weight is 287 g/mol. The lowest BCUT2D eigenvalue weighted by molar-refractivity contribution is -0.154. The molecule has 2 unspecified atom stereocenters. The van der Waals surface area contributed by atoms with Crippen molar-refractivity contribution in [3.63, 3.8) is 0 Å². The van der Waals surface area contributed by atoms with Crippen LogP contribution < -0.4 is 11.1 Å². The number of nitrogens with one attached hydrogen (secondary N) is 1. The topological polar surface area (TPSA) is 70.6 Å². The number of alkyl halides is 3. The molecule has 7 heteroatoms. The zero-order valence-corrected chi connectivity index (χ0v) is 10.7. The summed E-state index contributed by atoms with van der Waals surface area (Å²) >= 11 is 0. The van der Waals surface area contributed by atoms with Crippen LogP contribution in [0.15, 0.2) is 29.4 Å². The van der Waals surface area contributed by atoms with E-state index < -0.39 is 24.5 Å². The van der Waals surface area contributed by atoms with E-state index in [0.29, 0.717) is 6.54 Å². The first-order valence-corrected chi connectivity index (χ1v) is 6.26. The number of oxime groups is 1. The molecule has 0 amide bonds. The van der Waals surface area contributed by atoms with Crippen molar-refractivity contribution in [1.82, 2.24) is 5.32 Å². The summed E-state index contributed by atoms with van der Waals surface area (Å²) in [5, 5.41) is 13.6. The number of nitrogens with two attached hydrogens (primary N) is 1. The van der Waals surface area contributed by atoms with E-state index in [4.69, 9.17) is 10.9 Å². The number of hydrogen-bond acceptors (Lipinski definition) is 3. The molecule has 1 aromatic rings. The quantitative estimate of drug-likeness (QED) is 0.335. The van der Waals surface area contributed by atoms with Gasteiger partial charge in [-0.25, -0.2) is 0 Å². The van der Waals surface area contributed by atoms with E-state index in [9.17, 15) is 13.2 Å². The molecule has 1 aliphatic carbocycles. The molecule has 4 nitrogen and oxygen atoms in total. The van der Waals surface area contributed by atoms with Gasteiger partial charge in [-0.1, -0.05) is 29.4 Å². The van der Waals surface area contributed by atoms with Crippen LogP contribution in [0.3, 0.4) is 0 Å². The molecule has 0 spiro atoms. The maximum absolute atomic E-state index is 12.7. The van der Waals surface area contributed by atoms with Crippen molar-refractivity contribution >= 4 is 5.84 Å². The number of amidine groups is 1. The fraction of sp³-hybridized carbons (Fsp3) is 0.462. The lowest BCUT2D eigenvalue weighted by atomic mass is 9.77. The summed E-state index contributed by atoms with van der Waals surface area (Å²) in [6, 6.07) is 7.86. The molecule has 0 fully saturated rings. The number of nitrogens with zero attached hydrogens (tertiary/aromatic N) is 1. The molecular formula is C13H16F3N3O. The van der Waals surface area contributed by atoms with Gasteiger partial charge >= 0.3 is 6.18 Å².